The summed E-state index contributed by atoms with van der Waals surface area (Å²) >= 11 is 0. The van der Waals surface area contributed by atoms with Gasteiger partial charge in [-0.25, -0.2) is 0 Å². The molecule has 0 aliphatic carbocycles. The maximum absolute atomic E-state index is 12.6. The molecule has 0 spiro atoms. The van der Waals surface area contributed by atoms with Gasteiger partial charge in [0.05, 0.1) is 40.3 Å². The number of nitrogens with zero attached hydrogens (tertiary/aromatic N) is 1. The van der Waals surface area contributed by atoms with Crippen LogP contribution in [0, 0.1) is 0 Å². The number of hydrogen-bond acceptors (Lipinski definition) is 7. The Kier molecular flexibility index (Phi) is 26.5. The van der Waals surface area contributed by atoms with Gasteiger partial charge in [-0.1, -0.05) is 108 Å². The third kappa shape index (κ3) is 26.0. The Labute approximate surface area is 268 Å². The fraction of sp³-hybridized carbons (Fsp3) is 0.750. The van der Waals surface area contributed by atoms with Crippen LogP contribution in [0.5, 0.6) is 0 Å². The molecule has 0 N–H and O–H groups in total. The monoisotopic (exact) mass is 621 g/mol. The van der Waals surface area contributed by atoms with E-state index in [1.54, 1.807) is 21.1 Å². The zero-order valence-electron chi connectivity index (χ0n) is 28.6. The lowest BCUT2D eigenvalue weighted by Gasteiger charge is -2.34. The van der Waals surface area contributed by atoms with E-state index in [1.165, 1.54) is 25.7 Å². The number of likely N-dealkylation sites (N-methyl/N-ethyl adjacent to an activating group) is 1. The first-order chi connectivity index (χ1) is 21.1. The smallest absolute Gasteiger partial charge is 0.306 e. The Bertz CT molecular complexity index is 829. The van der Waals surface area contributed by atoms with Gasteiger partial charge in [0.15, 0.2) is 6.10 Å². The topological polar surface area (TPSA) is 102 Å². The summed E-state index contributed by atoms with van der Waals surface area (Å²) in [7, 11) is 5.37. The number of quaternary nitrogens is 1. The van der Waals surface area contributed by atoms with Crippen molar-refractivity contribution in [1.29, 1.82) is 0 Å². The molecule has 8 nitrogen and oxygen atoms in total. The number of unbranched alkanes of at least 4 members (excludes halogenated alkanes) is 11. The van der Waals surface area contributed by atoms with E-state index in [2.05, 4.69) is 38.2 Å². The number of aliphatic carboxylic acids is 1. The minimum Gasteiger partial charge on any atom is -0.544 e. The molecule has 8 heteroatoms. The fourth-order valence-corrected chi connectivity index (χ4v) is 4.66. The Balaban J connectivity index is 4.50. The van der Waals surface area contributed by atoms with E-state index in [-0.39, 0.29) is 42.7 Å². The van der Waals surface area contributed by atoms with Crippen molar-refractivity contribution in [1.82, 2.24) is 0 Å². The standard InChI is InChI=1S/C36H63NO7/c1-6-8-10-12-14-15-16-17-18-19-21-23-25-27-35(39)44-32(30-42-29-28-33(36(40)41)37(3,4)5)31-43-34(38)26-24-22-20-13-11-9-7-2/h8,10,12,14-16,32-33H,6-7,9,11,13,17-31H2,1-5H3/b10-8+,14-12+,16-15+. The summed E-state index contributed by atoms with van der Waals surface area (Å²) in [5.74, 6) is -1.78. The molecule has 0 aliphatic rings. The van der Waals surface area contributed by atoms with Crippen molar-refractivity contribution in [3.8, 4) is 0 Å². The van der Waals surface area contributed by atoms with Crippen LogP contribution in [0.3, 0.4) is 0 Å². The summed E-state index contributed by atoms with van der Waals surface area (Å²) in [6.07, 6.45) is 27.5. The molecule has 2 atom stereocenters. The predicted octanol–water partition coefficient (Wildman–Crippen LogP) is 6.62. The van der Waals surface area contributed by atoms with Crippen molar-refractivity contribution in [2.24, 2.45) is 0 Å². The van der Waals surface area contributed by atoms with Crippen LogP contribution in [-0.2, 0) is 28.6 Å². The van der Waals surface area contributed by atoms with Gasteiger partial charge < -0.3 is 28.6 Å². The van der Waals surface area contributed by atoms with Gasteiger partial charge in [-0.05, 0) is 32.1 Å². The Morgan fingerprint density at radius 3 is 1.86 bits per heavy atom. The summed E-state index contributed by atoms with van der Waals surface area (Å²) < 4.78 is 16.9. The van der Waals surface area contributed by atoms with E-state index in [0.717, 1.165) is 64.2 Å². The normalized spacial score (nSPS) is 13.6. The molecule has 0 bridgehead atoms. The largest absolute Gasteiger partial charge is 0.544 e. The number of carboxylic acids is 1. The first kappa shape index (κ1) is 41.5. The average Bonchev–Trinajstić information content (AvgIpc) is 2.96. The first-order valence-corrected chi connectivity index (χ1v) is 17.0. The second-order valence-corrected chi connectivity index (χ2v) is 12.4. The SMILES string of the molecule is CC/C=C/C=C/C=C/CCCCCCCC(=O)OC(COCCC(C(=O)[O-])[N+](C)(C)C)COC(=O)CCCCCCCCC. The second-order valence-electron chi connectivity index (χ2n) is 12.4. The van der Waals surface area contributed by atoms with Gasteiger partial charge in [-0.2, -0.15) is 0 Å². The molecule has 254 valence electrons. The lowest BCUT2D eigenvalue weighted by molar-refractivity contribution is -0.889. The molecule has 0 saturated heterocycles. The van der Waals surface area contributed by atoms with Crippen LogP contribution in [0.25, 0.3) is 0 Å². The minimum atomic E-state index is -1.13. The number of rotatable bonds is 29. The first-order valence-electron chi connectivity index (χ1n) is 17.0. The van der Waals surface area contributed by atoms with Crippen molar-refractivity contribution in [2.75, 3.05) is 41.0 Å². The van der Waals surface area contributed by atoms with E-state index < -0.39 is 18.1 Å². The summed E-state index contributed by atoms with van der Waals surface area (Å²) in [6.45, 7) is 4.43. The Morgan fingerprint density at radius 2 is 1.27 bits per heavy atom. The van der Waals surface area contributed by atoms with Gasteiger partial charge in [-0.3, -0.25) is 9.59 Å². The average molecular weight is 622 g/mol. The van der Waals surface area contributed by atoms with Gasteiger partial charge in [0, 0.05) is 19.3 Å². The van der Waals surface area contributed by atoms with Crippen molar-refractivity contribution in [3.05, 3.63) is 36.5 Å². The summed E-state index contributed by atoms with van der Waals surface area (Å²) in [4.78, 5) is 36.4. The number of allylic oxidation sites excluding steroid dienone is 6. The molecule has 0 aromatic carbocycles. The molecule has 0 rings (SSSR count). The van der Waals surface area contributed by atoms with Crippen LogP contribution in [0.1, 0.15) is 123 Å². The fourth-order valence-electron chi connectivity index (χ4n) is 4.66. The molecular weight excluding hydrogens is 558 g/mol. The van der Waals surface area contributed by atoms with E-state index in [4.69, 9.17) is 14.2 Å². The number of esters is 2. The number of carbonyl (C=O) groups excluding carboxylic acids is 3. The molecule has 2 unspecified atom stereocenters. The lowest BCUT2D eigenvalue weighted by atomic mass is 10.1. The Hall–Kier alpha value is -2.45. The maximum Gasteiger partial charge on any atom is 0.306 e. The summed E-state index contributed by atoms with van der Waals surface area (Å²) in [5, 5.41) is 11.5. The molecule has 0 aromatic rings. The van der Waals surface area contributed by atoms with E-state index in [1.807, 2.05) is 12.2 Å². The van der Waals surface area contributed by atoms with Crippen LogP contribution in [-0.4, -0.2) is 75.5 Å². The van der Waals surface area contributed by atoms with Gasteiger partial charge >= 0.3 is 11.9 Å². The Morgan fingerprint density at radius 1 is 0.705 bits per heavy atom. The quantitative estimate of drug-likeness (QED) is 0.0400. The third-order valence-corrected chi connectivity index (χ3v) is 7.35. The molecule has 0 fully saturated rings. The molecule has 0 heterocycles. The minimum absolute atomic E-state index is 0.0327. The summed E-state index contributed by atoms with van der Waals surface area (Å²) in [6, 6.07) is -0.725. The number of ether oxygens (including phenoxy) is 3. The molecular formula is C36H63NO7. The zero-order valence-corrected chi connectivity index (χ0v) is 28.6. The zero-order chi connectivity index (χ0) is 32.9. The highest BCUT2D eigenvalue weighted by molar-refractivity contribution is 5.70. The van der Waals surface area contributed by atoms with Crippen molar-refractivity contribution in [3.63, 3.8) is 0 Å². The maximum atomic E-state index is 12.6. The molecule has 0 aromatic heterocycles. The molecule has 44 heavy (non-hydrogen) atoms. The summed E-state index contributed by atoms with van der Waals surface area (Å²) in [5.41, 5.74) is 0. The predicted molar refractivity (Wildman–Crippen MR) is 176 cm³/mol. The van der Waals surface area contributed by atoms with Crippen molar-refractivity contribution >= 4 is 17.9 Å². The van der Waals surface area contributed by atoms with Gasteiger partial charge in [0.25, 0.3) is 0 Å². The van der Waals surface area contributed by atoms with Gasteiger partial charge in [0.1, 0.15) is 12.6 Å². The van der Waals surface area contributed by atoms with Crippen LogP contribution in [0.4, 0.5) is 0 Å². The molecule has 0 aliphatic heterocycles. The van der Waals surface area contributed by atoms with Crippen molar-refractivity contribution in [2.45, 2.75) is 135 Å². The number of hydrogen-bond donors (Lipinski definition) is 0. The molecule has 0 radical (unpaired) electrons. The second kappa shape index (κ2) is 28.1. The number of carbonyl (C=O) groups is 3. The molecule has 0 saturated carbocycles. The van der Waals surface area contributed by atoms with Crippen LogP contribution in [0.2, 0.25) is 0 Å². The van der Waals surface area contributed by atoms with E-state index in [0.29, 0.717) is 12.8 Å². The van der Waals surface area contributed by atoms with E-state index in [9.17, 15) is 19.5 Å². The van der Waals surface area contributed by atoms with Crippen LogP contribution < -0.4 is 5.11 Å². The lowest BCUT2D eigenvalue weighted by Crippen LogP contribution is -2.55. The van der Waals surface area contributed by atoms with Crippen LogP contribution in [0.15, 0.2) is 36.5 Å². The van der Waals surface area contributed by atoms with Crippen molar-refractivity contribution < 1.29 is 38.2 Å². The highest BCUT2D eigenvalue weighted by atomic mass is 16.6. The van der Waals surface area contributed by atoms with E-state index >= 15 is 0 Å². The molecule has 0 amide bonds. The highest BCUT2D eigenvalue weighted by Crippen LogP contribution is 2.12. The van der Waals surface area contributed by atoms with Gasteiger partial charge in [-0.15, -0.1) is 0 Å². The highest BCUT2D eigenvalue weighted by Gasteiger charge is 2.25. The van der Waals surface area contributed by atoms with Crippen LogP contribution >= 0.6 is 0 Å². The van der Waals surface area contributed by atoms with Gasteiger partial charge in [0.2, 0.25) is 0 Å². The number of carboxylic acid groups (broad SMARTS) is 1. The third-order valence-electron chi connectivity index (χ3n) is 7.35.